The molecule has 2 aromatic rings. The van der Waals surface area contributed by atoms with Crippen molar-refractivity contribution >= 4 is 42.6 Å². The van der Waals surface area contributed by atoms with Gasteiger partial charge in [0, 0.05) is 10.5 Å². The molecule has 4 heteroatoms. The summed E-state index contributed by atoms with van der Waals surface area (Å²) in [4.78, 5) is 4.68. The summed E-state index contributed by atoms with van der Waals surface area (Å²) < 4.78 is 2.36. The molecule has 0 bridgehead atoms. The van der Waals surface area contributed by atoms with Crippen LogP contribution in [0.15, 0.2) is 22.7 Å². The summed E-state index contributed by atoms with van der Waals surface area (Å²) in [5.74, 6) is 0.812. The van der Waals surface area contributed by atoms with Crippen LogP contribution in [-0.2, 0) is 0 Å². The quantitative estimate of drug-likeness (QED) is 0.805. The highest BCUT2D eigenvalue weighted by molar-refractivity contribution is 9.10. The average molecular weight is 339 g/mol. The summed E-state index contributed by atoms with van der Waals surface area (Å²) in [6.45, 7) is 2.30. The third-order valence-corrected chi connectivity index (χ3v) is 5.50. The number of hydrogen-bond acceptors (Lipinski definition) is 3. The smallest absolute Gasteiger partial charge is 0.184 e. The Labute approximate surface area is 126 Å². The number of rotatable bonds is 3. The summed E-state index contributed by atoms with van der Waals surface area (Å²) in [6, 6.07) is 6.80. The molecule has 0 amide bonds. The fourth-order valence-electron chi connectivity index (χ4n) is 2.91. The van der Waals surface area contributed by atoms with Crippen molar-refractivity contribution in [2.75, 3.05) is 5.32 Å². The first-order chi connectivity index (χ1) is 9.22. The Kier molecular flexibility index (Phi) is 4.08. The van der Waals surface area contributed by atoms with Gasteiger partial charge in [-0.05, 0) is 43.9 Å². The molecule has 1 unspecified atom stereocenters. The lowest BCUT2D eigenvalue weighted by molar-refractivity contribution is 0.328. The highest BCUT2D eigenvalue weighted by Crippen LogP contribution is 2.32. The Hall–Kier alpha value is -0.610. The van der Waals surface area contributed by atoms with Gasteiger partial charge in [0.2, 0.25) is 0 Å². The fraction of sp³-hybridized carbons (Fsp3) is 0.533. The molecule has 1 aromatic heterocycles. The Bertz CT molecular complexity index is 560. The number of fused-ring (bicyclic) bond motifs is 1. The van der Waals surface area contributed by atoms with Gasteiger partial charge < -0.3 is 5.32 Å². The van der Waals surface area contributed by atoms with Crippen molar-refractivity contribution in [1.29, 1.82) is 0 Å². The molecule has 1 fully saturated rings. The van der Waals surface area contributed by atoms with Crippen LogP contribution >= 0.6 is 27.3 Å². The summed E-state index contributed by atoms with van der Waals surface area (Å²) in [5, 5.41) is 4.67. The van der Waals surface area contributed by atoms with Gasteiger partial charge in [-0.2, -0.15) is 0 Å². The standard InChI is InChI=1S/C15H19BrN2S/c1-10(11-5-3-2-4-6-11)17-15-18-13-8-7-12(16)9-14(13)19-15/h7-11H,2-6H2,1H3,(H,17,18). The van der Waals surface area contributed by atoms with Gasteiger partial charge >= 0.3 is 0 Å². The summed E-state index contributed by atoms with van der Waals surface area (Å²) in [7, 11) is 0. The number of hydrogen-bond donors (Lipinski definition) is 1. The van der Waals surface area contributed by atoms with Crippen molar-refractivity contribution in [1.82, 2.24) is 4.98 Å². The van der Waals surface area contributed by atoms with Crippen molar-refractivity contribution in [2.45, 2.75) is 45.1 Å². The van der Waals surface area contributed by atoms with Crippen LogP contribution in [0.25, 0.3) is 10.2 Å². The van der Waals surface area contributed by atoms with Crippen LogP contribution in [0.2, 0.25) is 0 Å². The van der Waals surface area contributed by atoms with E-state index in [9.17, 15) is 0 Å². The van der Waals surface area contributed by atoms with Gasteiger partial charge in [-0.25, -0.2) is 4.98 Å². The number of benzene rings is 1. The minimum atomic E-state index is 0.532. The predicted octanol–water partition coefficient (Wildman–Crippen LogP) is 5.44. The normalized spacial score (nSPS) is 18.6. The van der Waals surface area contributed by atoms with Gasteiger partial charge in [0.25, 0.3) is 0 Å². The molecule has 1 atom stereocenters. The highest BCUT2D eigenvalue weighted by atomic mass is 79.9. The molecule has 0 aliphatic heterocycles. The van der Waals surface area contributed by atoms with Crippen molar-refractivity contribution in [3.05, 3.63) is 22.7 Å². The van der Waals surface area contributed by atoms with E-state index in [2.05, 4.69) is 51.4 Å². The number of nitrogens with zero attached hydrogens (tertiary/aromatic N) is 1. The molecular weight excluding hydrogens is 320 g/mol. The minimum Gasteiger partial charge on any atom is -0.359 e. The van der Waals surface area contributed by atoms with Crippen LogP contribution < -0.4 is 5.32 Å². The van der Waals surface area contributed by atoms with Gasteiger partial charge in [-0.15, -0.1) is 0 Å². The maximum absolute atomic E-state index is 4.68. The number of anilines is 1. The van der Waals surface area contributed by atoms with Gasteiger partial charge in [0.05, 0.1) is 10.2 Å². The Balaban J connectivity index is 1.73. The van der Waals surface area contributed by atoms with E-state index in [-0.39, 0.29) is 0 Å². The van der Waals surface area contributed by atoms with Crippen LogP contribution in [0.1, 0.15) is 39.0 Å². The number of nitrogens with one attached hydrogen (secondary N) is 1. The van der Waals surface area contributed by atoms with Crippen LogP contribution in [0.5, 0.6) is 0 Å². The van der Waals surface area contributed by atoms with Gasteiger partial charge in [0.1, 0.15) is 0 Å². The molecule has 2 nitrogen and oxygen atoms in total. The van der Waals surface area contributed by atoms with E-state index in [1.54, 1.807) is 11.3 Å². The lowest BCUT2D eigenvalue weighted by Gasteiger charge is -2.28. The molecule has 0 spiro atoms. The number of aromatic nitrogens is 1. The topological polar surface area (TPSA) is 24.9 Å². The van der Waals surface area contributed by atoms with Crippen molar-refractivity contribution in [3.63, 3.8) is 0 Å². The molecule has 0 saturated heterocycles. The number of halogens is 1. The molecule has 1 aliphatic rings. The molecule has 1 heterocycles. The van der Waals surface area contributed by atoms with E-state index in [1.807, 2.05) is 0 Å². The lowest BCUT2D eigenvalue weighted by Crippen LogP contribution is -2.27. The SMILES string of the molecule is CC(Nc1nc2ccc(Br)cc2s1)C1CCCCC1. The first kappa shape index (κ1) is 13.4. The van der Waals surface area contributed by atoms with E-state index in [0.717, 1.165) is 21.0 Å². The first-order valence-corrected chi connectivity index (χ1v) is 8.66. The van der Waals surface area contributed by atoms with Gasteiger partial charge in [-0.3, -0.25) is 0 Å². The first-order valence-electron chi connectivity index (χ1n) is 7.05. The van der Waals surface area contributed by atoms with Crippen molar-refractivity contribution in [2.24, 2.45) is 5.92 Å². The van der Waals surface area contributed by atoms with E-state index in [4.69, 9.17) is 0 Å². The maximum Gasteiger partial charge on any atom is 0.184 e. The molecule has 1 aromatic carbocycles. The van der Waals surface area contributed by atoms with Crippen LogP contribution in [0.4, 0.5) is 5.13 Å². The number of thiazole rings is 1. The molecule has 1 aliphatic carbocycles. The Morgan fingerprint density at radius 2 is 2.11 bits per heavy atom. The zero-order chi connectivity index (χ0) is 13.2. The van der Waals surface area contributed by atoms with E-state index >= 15 is 0 Å². The van der Waals surface area contributed by atoms with E-state index in [0.29, 0.717) is 6.04 Å². The Morgan fingerprint density at radius 3 is 2.89 bits per heavy atom. The van der Waals surface area contributed by atoms with Gasteiger partial charge in [0.15, 0.2) is 5.13 Å². The van der Waals surface area contributed by atoms with Crippen LogP contribution in [-0.4, -0.2) is 11.0 Å². The maximum atomic E-state index is 4.68. The Morgan fingerprint density at radius 1 is 1.32 bits per heavy atom. The lowest BCUT2D eigenvalue weighted by atomic mass is 9.85. The molecule has 0 radical (unpaired) electrons. The fourth-order valence-corrected chi connectivity index (χ4v) is 4.42. The molecular formula is C15H19BrN2S. The highest BCUT2D eigenvalue weighted by Gasteiger charge is 2.20. The second-order valence-electron chi connectivity index (χ2n) is 5.46. The summed E-state index contributed by atoms with van der Waals surface area (Å²) >= 11 is 5.27. The third kappa shape index (κ3) is 3.11. The molecule has 102 valence electrons. The predicted molar refractivity (Wildman–Crippen MR) is 87.0 cm³/mol. The monoisotopic (exact) mass is 338 g/mol. The molecule has 1 saturated carbocycles. The zero-order valence-corrected chi connectivity index (χ0v) is 13.6. The molecule has 1 N–H and O–H groups in total. The molecule has 3 rings (SSSR count). The van der Waals surface area contributed by atoms with Crippen LogP contribution in [0, 0.1) is 5.92 Å². The van der Waals surface area contributed by atoms with E-state index in [1.165, 1.54) is 36.8 Å². The summed E-state index contributed by atoms with van der Waals surface area (Å²) in [5.41, 5.74) is 1.09. The van der Waals surface area contributed by atoms with Crippen LogP contribution in [0.3, 0.4) is 0 Å². The second-order valence-corrected chi connectivity index (χ2v) is 7.41. The average Bonchev–Trinajstić information content (AvgIpc) is 2.81. The van der Waals surface area contributed by atoms with Crippen molar-refractivity contribution in [3.8, 4) is 0 Å². The van der Waals surface area contributed by atoms with E-state index < -0.39 is 0 Å². The largest absolute Gasteiger partial charge is 0.359 e. The molecule has 19 heavy (non-hydrogen) atoms. The third-order valence-electron chi connectivity index (χ3n) is 4.06. The zero-order valence-electron chi connectivity index (χ0n) is 11.2. The summed E-state index contributed by atoms with van der Waals surface area (Å²) in [6.07, 6.45) is 6.93. The van der Waals surface area contributed by atoms with Crippen molar-refractivity contribution < 1.29 is 0 Å². The minimum absolute atomic E-state index is 0.532. The van der Waals surface area contributed by atoms with Gasteiger partial charge in [-0.1, -0.05) is 46.5 Å². The second kappa shape index (κ2) is 5.80.